The Balaban J connectivity index is 2.15. The van der Waals surface area contributed by atoms with E-state index in [0.29, 0.717) is 0 Å². The number of benzene rings is 1. The highest BCUT2D eigenvalue weighted by Gasteiger charge is 2.15. The van der Waals surface area contributed by atoms with Crippen LogP contribution < -0.4 is 0 Å². The lowest BCUT2D eigenvalue weighted by molar-refractivity contribution is 0.258. The normalized spacial score (nSPS) is 12.6. The van der Waals surface area contributed by atoms with Gasteiger partial charge in [-0.25, -0.2) is 0 Å². The summed E-state index contributed by atoms with van der Waals surface area (Å²) in [7, 11) is 0. The summed E-state index contributed by atoms with van der Waals surface area (Å²) < 4.78 is 1.98. The van der Waals surface area contributed by atoms with Crippen LogP contribution in [0, 0.1) is 0 Å². The van der Waals surface area contributed by atoms with Gasteiger partial charge in [0.1, 0.15) is 0 Å². The van der Waals surface area contributed by atoms with Crippen molar-refractivity contribution in [1.82, 2.24) is 9.78 Å². The van der Waals surface area contributed by atoms with Gasteiger partial charge in [0, 0.05) is 29.4 Å². The first kappa shape index (κ1) is 14.1. The highest BCUT2D eigenvalue weighted by atomic mass is 35.5. The van der Waals surface area contributed by atoms with Crippen LogP contribution in [0.1, 0.15) is 30.5 Å². The third kappa shape index (κ3) is 3.58. The van der Waals surface area contributed by atoms with Crippen molar-refractivity contribution in [2.75, 3.05) is 6.61 Å². The van der Waals surface area contributed by atoms with Crippen molar-refractivity contribution in [3.8, 4) is 0 Å². The van der Waals surface area contributed by atoms with Crippen LogP contribution in [0.2, 0.25) is 5.02 Å². The molecule has 2 rings (SSSR count). The van der Waals surface area contributed by atoms with Gasteiger partial charge in [0.15, 0.2) is 0 Å². The minimum absolute atomic E-state index is 0.0789. The number of nitrogens with zero attached hydrogens (tertiary/aromatic N) is 2. The molecule has 1 N–H and O–H groups in total. The van der Waals surface area contributed by atoms with E-state index >= 15 is 0 Å². The number of hydrogen-bond donors (Lipinski definition) is 1. The van der Waals surface area contributed by atoms with Crippen molar-refractivity contribution in [3.63, 3.8) is 0 Å². The van der Waals surface area contributed by atoms with Crippen molar-refractivity contribution in [1.29, 1.82) is 0 Å². The first-order valence-electron chi connectivity index (χ1n) is 6.61. The highest BCUT2D eigenvalue weighted by Crippen LogP contribution is 2.21. The van der Waals surface area contributed by atoms with Crippen LogP contribution in [0.25, 0.3) is 0 Å². The third-order valence-corrected chi connectivity index (χ3v) is 3.47. The van der Waals surface area contributed by atoms with E-state index in [-0.39, 0.29) is 12.5 Å². The van der Waals surface area contributed by atoms with Gasteiger partial charge in [-0.2, -0.15) is 5.10 Å². The van der Waals surface area contributed by atoms with Crippen molar-refractivity contribution in [2.45, 2.75) is 32.2 Å². The molecule has 1 atom stereocenters. The van der Waals surface area contributed by atoms with Crippen LogP contribution in [0.3, 0.4) is 0 Å². The number of halogens is 1. The second-order valence-corrected chi connectivity index (χ2v) is 5.13. The first-order chi connectivity index (χ1) is 9.24. The first-order valence-corrected chi connectivity index (χ1v) is 6.99. The Labute approximate surface area is 118 Å². The molecule has 0 fully saturated rings. The molecule has 0 bridgehead atoms. The predicted octanol–water partition coefficient (Wildman–Crippen LogP) is 3.27. The van der Waals surface area contributed by atoms with Crippen molar-refractivity contribution in [2.24, 2.45) is 0 Å². The standard InChI is InChI=1S/C15H19ClN2O/c1-2-9-18-15(7-8-17-18)13(11-19)10-12-3-5-14(16)6-4-12/h3-8,13,19H,2,9-11H2,1H3/t13-/m0/s1. The number of aromatic nitrogens is 2. The molecular formula is C15H19ClN2O. The number of hydrogen-bond acceptors (Lipinski definition) is 2. The van der Waals surface area contributed by atoms with Gasteiger partial charge >= 0.3 is 0 Å². The van der Waals surface area contributed by atoms with Crippen molar-refractivity contribution < 1.29 is 5.11 Å². The number of aliphatic hydroxyl groups is 1. The fourth-order valence-corrected chi connectivity index (χ4v) is 2.38. The number of aliphatic hydroxyl groups excluding tert-OH is 1. The second-order valence-electron chi connectivity index (χ2n) is 4.69. The number of aryl methyl sites for hydroxylation is 1. The molecule has 102 valence electrons. The second kappa shape index (κ2) is 6.73. The molecule has 0 aliphatic carbocycles. The maximum Gasteiger partial charge on any atom is 0.0517 e. The quantitative estimate of drug-likeness (QED) is 0.881. The van der Waals surface area contributed by atoms with Gasteiger partial charge in [0.25, 0.3) is 0 Å². The summed E-state index contributed by atoms with van der Waals surface area (Å²) >= 11 is 5.88. The fraction of sp³-hybridized carbons (Fsp3) is 0.400. The lowest BCUT2D eigenvalue weighted by Gasteiger charge is -2.16. The van der Waals surface area contributed by atoms with E-state index in [1.54, 1.807) is 6.20 Å². The van der Waals surface area contributed by atoms with Gasteiger partial charge in [-0.1, -0.05) is 30.7 Å². The van der Waals surface area contributed by atoms with Crippen LogP contribution in [-0.2, 0) is 13.0 Å². The smallest absolute Gasteiger partial charge is 0.0517 e. The van der Waals surface area contributed by atoms with E-state index < -0.39 is 0 Å². The average molecular weight is 279 g/mol. The highest BCUT2D eigenvalue weighted by molar-refractivity contribution is 6.30. The zero-order valence-corrected chi connectivity index (χ0v) is 11.8. The zero-order valence-electron chi connectivity index (χ0n) is 11.1. The van der Waals surface area contributed by atoms with Crippen LogP contribution in [-0.4, -0.2) is 21.5 Å². The lowest BCUT2D eigenvalue weighted by Crippen LogP contribution is -2.14. The van der Waals surface area contributed by atoms with Gasteiger partial charge in [-0.3, -0.25) is 4.68 Å². The summed E-state index contributed by atoms with van der Waals surface area (Å²) in [6, 6.07) is 9.77. The summed E-state index contributed by atoms with van der Waals surface area (Å²) in [5.74, 6) is 0.0789. The topological polar surface area (TPSA) is 38.0 Å². The molecule has 3 nitrogen and oxygen atoms in total. The largest absolute Gasteiger partial charge is 0.396 e. The maximum atomic E-state index is 9.64. The van der Waals surface area contributed by atoms with E-state index in [1.165, 1.54) is 5.56 Å². The summed E-state index contributed by atoms with van der Waals surface area (Å²) in [6.45, 7) is 3.14. The third-order valence-electron chi connectivity index (χ3n) is 3.22. The Morgan fingerprint density at radius 3 is 2.63 bits per heavy atom. The van der Waals surface area contributed by atoms with Crippen molar-refractivity contribution in [3.05, 3.63) is 52.8 Å². The molecule has 0 saturated carbocycles. The monoisotopic (exact) mass is 278 g/mol. The molecule has 0 radical (unpaired) electrons. The van der Waals surface area contributed by atoms with Crippen LogP contribution in [0.4, 0.5) is 0 Å². The molecule has 0 aliphatic rings. The Bertz CT molecular complexity index is 507. The molecule has 0 aliphatic heterocycles. The maximum absolute atomic E-state index is 9.64. The molecule has 1 aromatic carbocycles. The minimum Gasteiger partial charge on any atom is -0.396 e. The van der Waals surface area contributed by atoms with E-state index in [4.69, 9.17) is 11.6 Å². The van der Waals surface area contributed by atoms with Gasteiger partial charge in [-0.15, -0.1) is 0 Å². The lowest BCUT2D eigenvalue weighted by atomic mass is 9.97. The van der Waals surface area contributed by atoms with Gasteiger partial charge in [0.05, 0.1) is 6.61 Å². The number of rotatable bonds is 6. The zero-order chi connectivity index (χ0) is 13.7. The van der Waals surface area contributed by atoms with Gasteiger partial charge < -0.3 is 5.11 Å². The molecule has 0 amide bonds. The van der Waals surface area contributed by atoms with Crippen molar-refractivity contribution >= 4 is 11.6 Å². The molecule has 0 saturated heterocycles. The molecule has 1 heterocycles. The summed E-state index contributed by atoms with van der Waals surface area (Å²) in [5.41, 5.74) is 2.27. The van der Waals surface area contributed by atoms with Crippen LogP contribution in [0.5, 0.6) is 0 Å². The minimum atomic E-state index is 0.0789. The molecular weight excluding hydrogens is 260 g/mol. The van der Waals surface area contributed by atoms with Gasteiger partial charge in [0.2, 0.25) is 0 Å². The molecule has 19 heavy (non-hydrogen) atoms. The Hall–Kier alpha value is -1.32. The summed E-state index contributed by atoms with van der Waals surface area (Å²) in [5, 5.41) is 14.7. The predicted molar refractivity (Wildman–Crippen MR) is 77.5 cm³/mol. The van der Waals surface area contributed by atoms with Gasteiger partial charge in [-0.05, 0) is 36.6 Å². The van der Waals surface area contributed by atoms with E-state index in [2.05, 4.69) is 12.0 Å². The molecule has 4 heteroatoms. The Morgan fingerprint density at radius 1 is 1.26 bits per heavy atom. The summed E-state index contributed by atoms with van der Waals surface area (Å²) in [6.07, 6.45) is 3.63. The van der Waals surface area contributed by atoms with E-state index in [0.717, 1.165) is 30.1 Å². The average Bonchev–Trinajstić information content (AvgIpc) is 2.87. The van der Waals surface area contributed by atoms with Crippen LogP contribution in [0.15, 0.2) is 36.5 Å². The molecule has 0 spiro atoms. The van der Waals surface area contributed by atoms with E-state index in [1.807, 2.05) is 35.0 Å². The molecule has 0 unspecified atom stereocenters. The van der Waals surface area contributed by atoms with E-state index in [9.17, 15) is 5.11 Å². The SMILES string of the molecule is CCCn1nccc1[C@H](CO)Cc1ccc(Cl)cc1. The Morgan fingerprint density at radius 2 is 2.00 bits per heavy atom. The van der Waals surface area contributed by atoms with Crippen LogP contribution >= 0.6 is 11.6 Å². The summed E-state index contributed by atoms with van der Waals surface area (Å²) in [4.78, 5) is 0. The Kier molecular flexibility index (Phi) is 5.00. The molecule has 1 aromatic heterocycles. The fourth-order valence-electron chi connectivity index (χ4n) is 2.26. The molecule has 2 aromatic rings.